The van der Waals surface area contributed by atoms with Crippen molar-refractivity contribution in [2.75, 3.05) is 6.54 Å². The molecule has 1 aliphatic heterocycles. The molecule has 0 saturated carbocycles. The van der Waals surface area contributed by atoms with E-state index in [1.165, 1.54) is 13.3 Å². The van der Waals surface area contributed by atoms with Crippen molar-refractivity contribution in [2.24, 2.45) is 7.05 Å². The van der Waals surface area contributed by atoms with Crippen LogP contribution in [0.25, 0.3) is 0 Å². The van der Waals surface area contributed by atoms with E-state index in [-0.39, 0.29) is 11.7 Å². The second-order valence-electron chi connectivity index (χ2n) is 5.34. The zero-order chi connectivity index (χ0) is 14.0. The summed E-state index contributed by atoms with van der Waals surface area (Å²) >= 11 is 0. The third-order valence-corrected chi connectivity index (χ3v) is 3.99. The van der Waals surface area contributed by atoms with Gasteiger partial charge in [-0.3, -0.25) is 9.59 Å². The summed E-state index contributed by atoms with van der Waals surface area (Å²) in [6.45, 7) is 4.49. The number of ketones is 1. The average molecular weight is 262 g/mol. The van der Waals surface area contributed by atoms with Crippen LogP contribution in [0.5, 0.6) is 0 Å². The highest BCUT2D eigenvalue weighted by Crippen LogP contribution is 2.22. The summed E-state index contributed by atoms with van der Waals surface area (Å²) in [5.74, 6) is 0.0573. The molecule has 0 bridgehead atoms. The molecule has 0 aromatic carbocycles. The van der Waals surface area contributed by atoms with Crippen LogP contribution >= 0.6 is 0 Å². The van der Waals surface area contributed by atoms with E-state index in [1.807, 2.05) is 11.9 Å². The van der Waals surface area contributed by atoms with Crippen LogP contribution < -0.4 is 0 Å². The highest BCUT2D eigenvalue weighted by molar-refractivity contribution is 5.99. The Bertz CT molecular complexity index is 490. The fourth-order valence-corrected chi connectivity index (χ4v) is 2.81. The number of amides is 1. The van der Waals surface area contributed by atoms with Crippen LogP contribution in [-0.2, 0) is 7.05 Å². The first-order chi connectivity index (χ1) is 9.04. The second-order valence-corrected chi connectivity index (χ2v) is 5.34. The first-order valence-electron chi connectivity index (χ1n) is 7.02. The highest BCUT2D eigenvalue weighted by atomic mass is 16.2. The van der Waals surface area contributed by atoms with Gasteiger partial charge in [-0.2, -0.15) is 0 Å². The maximum Gasteiger partial charge on any atom is 0.270 e. The van der Waals surface area contributed by atoms with Gasteiger partial charge in [0.1, 0.15) is 5.69 Å². The minimum atomic E-state index is 0.000311. The fraction of sp³-hybridized carbons (Fsp3) is 0.600. The maximum absolute atomic E-state index is 12.6. The van der Waals surface area contributed by atoms with Crippen molar-refractivity contribution >= 4 is 11.7 Å². The van der Waals surface area contributed by atoms with Crippen LogP contribution in [0.15, 0.2) is 12.3 Å². The third kappa shape index (κ3) is 2.72. The quantitative estimate of drug-likeness (QED) is 0.786. The van der Waals surface area contributed by atoms with Crippen LogP contribution in [0.2, 0.25) is 0 Å². The van der Waals surface area contributed by atoms with Crippen molar-refractivity contribution in [3.05, 3.63) is 23.5 Å². The number of aromatic nitrogens is 1. The van der Waals surface area contributed by atoms with Crippen LogP contribution in [0.3, 0.4) is 0 Å². The Hall–Kier alpha value is -1.58. The minimum absolute atomic E-state index is 0.000311. The molecule has 1 aromatic heterocycles. The fourth-order valence-electron chi connectivity index (χ4n) is 2.81. The number of aryl methyl sites for hydroxylation is 1. The van der Waals surface area contributed by atoms with Crippen molar-refractivity contribution in [2.45, 2.75) is 45.6 Å². The monoisotopic (exact) mass is 262 g/mol. The number of carbonyl (C=O) groups excluding carboxylic acids is 2. The van der Waals surface area contributed by atoms with E-state index in [0.29, 0.717) is 17.3 Å². The van der Waals surface area contributed by atoms with Crippen LogP contribution in [0, 0.1) is 0 Å². The molecule has 0 aliphatic carbocycles. The second kappa shape index (κ2) is 5.59. The first-order valence-corrected chi connectivity index (χ1v) is 7.02. The molecule has 0 spiro atoms. The summed E-state index contributed by atoms with van der Waals surface area (Å²) in [6.07, 6.45) is 6.10. The lowest BCUT2D eigenvalue weighted by molar-refractivity contribution is 0.0598. The van der Waals surface area contributed by atoms with Gasteiger partial charge in [-0.05, 0) is 38.7 Å². The molecule has 4 nitrogen and oxygen atoms in total. The molecule has 0 radical (unpaired) electrons. The highest BCUT2D eigenvalue weighted by Gasteiger charge is 2.27. The van der Waals surface area contributed by atoms with Gasteiger partial charge in [0.15, 0.2) is 5.78 Å². The van der Waals surface area contributed by atoms with Gasteiger partial charge < -0.3 is 9.47 Å². The number of nitrogens with zero attached hydrogens (tertiary/aromatic N) is 2. The lowest BCUT2D eigenvalue weighted by atomic mass is 9.99. The Morgan fingerprint density at radius 1 is 1.37 bits per heavy atom. The Kier molecular flexibility index (Phi) is 4.08. The zero-order valence-corrected chi connectivity index (χ0v) is 12.0. The van der Waals surface area contributed by atoms with Crippen molar-refractivity contribution in [1.29, 1.82) is 0 Å². The van der Waals surface area contributed by atoms with Crippen LogP contribution in [0.4, 0.5) is 0 Å². The predicted molar refractivity (Wildman–Crippen MR) is 74.4 cm³/mol. The van der Waals surface area contributed by atoms with Crippen LogP contribution in [-0.4, -0.2) is 33.7 Å². The van der Waals surface area contributed by atoms with Gasteiger partial charge in [0.2, 0.25) is 0 Å². The van der Waals surface area contributed by atoms with E-state index < -0.39 is 0 Å². The van der Waals surface area contributed by atoms with Gasteiger partial charge in [-0.25, -0.2) is 0 Å². The summed E-state index contributed by atoms with van der Waals surface area (Å²) in [5.41, 5.74) is 1.22. The number of hydrogen-bond donors (Lipinski definition) is 0. The molecule has 2 rings (SSSR count). The topological polar surface area (TPSA) is 42.3 Å². The summed E-state index contributed by atoms with van der Waals surface area (Å²) < 4.78 is 1.76. The van der Waals surface area contributed by atoms with Gasteiger partial charge in [-0.15, -0.1) is 0 Å². The maximum atomic E-state index is 12.6. The average Bonchev–Trinajstić information content (AvgIpc) is 2.80. The van der Waals surface area contributed by atoms with E-state index >= 15 is 0 Å². The van der Waals surface area contributed by atoms with E-state index in [0.717, 1.165) is 25.8 Å². The molecule has 1 atom stereocenters. The smallest absolute Gasteiger partial charge is 0.270 e. The van der Waals surface area contributed by atoms with E-state index in [4.69, 9.17) is 0 Å². The van der Waals surface area contributed by atoms with E-state index in [9.17, 15) is 9.59 Å². The van der Waals surface area contributed by atoms with Crippen LogP contribution in [0.1, 0.15) is 60.4 Å². The van der Waals surface area contributed by atoms with E-state index in [2.05, 4.69) is 6.92 Å². The van der Waals surface area contributed by atoms with Crippen molar-refractivity contribution in [3.63, 3.8) is 0 Å². The molecule has 1 saturated heterocycles. The third-order valence-electron chi connectivity index (χ3n) is 3.99. The molecule has 1 fully saturated rings. The molecule has 0 N–H and O–H groups in total. The standard InChI is InChI=1S/C15H22N2O2/c1-4-13-7-5-6-8-17(13)15(19)14-9-12(11(2)18)10-16(14)3/h9-10,13H,4-8H2,1-3H3. The molecule has 2 heterocycles. The first kappa shape index (κ1) is 13.8. The van der Waals surface area contributed by atoms with Gasteiger partial charge in [0.25, 0.3) is 5.91 Å². The number of likely N-dealkylation sites (tertiary alicyclic amines) is 1. The molecule has 4 heteroatoms. The molecule has 19 heavy (non-hydrogen) atoms. The minimum Gasteiger partial charge on any atom is -0.346 e. The normalized spacial score (nSPS) is 19.5. The summed E-state index contributed by atoms with van der Waals surface area (Å²) in [5, 5.41) is 0. The zero-order valence-electron chi connectivity index (χ0n) is 12.0. The van der Waals surface area contributed by atoms with Gasteiger partial charge in [-0.1, -0.05) is 6.92 Å². The van der Waals surface area contributed by atoms with E-state index in [1.54, 1.807) is 16.8 Å². The SMILES string of the molecule is CCC1CCCCN1C(=O)c1cc(C(C)=O)cn1C. The predicted octanol–water partition coefficient (Wildman–Crippen LogP) is 2.63. The Morgan fingerprint density at radius 3 is 2.68 bits per heavy atom. The molecule has 104 valence electrons. The number of hydrogen-bond acceptors (Lipinski definition) is 2. The molecule has 1 aromatic rings. The summed E-state index contributed by atoms with van der Waals surface area (Å²) in [7, 11) is 1.82. The Balaban J connectivity index is 2.25. The molecule has 1 amide bonds. The van der Waals surface area contributed by atoms with Gasteiger partial charge in [0, 0.05) is 31.4 Å². The summed E-state index contributed by atoms with van der Waals surface area (Å²) in [6, 6.07) is 2.06. The van der Waals surface area contributed by atoms with Crippen molar-refractivity contribution in [3.8, 4) is 0 Å². The number of carbonyl (C=O) groups is 2. The van der Waals surface area contributed by atoms with Crippen molar-refractivity contribution in [1.82, 2.24) is 9.47 Å². The lowest BCUT2D eigenvalue weighted by Crippen LogP contribution is -2.43. The molecule has 1 unspecified atom stereocenters. The largest absolute Gasteiger partial charge is 0.346 e. The number of rotatable bonds is 3. The summed E-state index contributed by atoms with van der Waals surface area (Å²) in [4.78, 5) is 26.0. The lowest BCUT2D eigenvalue weighted by Gasteiger charge is -2.35. The molecular formula is C15H22N2O2. The van der Waals surface area contributed by atoms with Gasteiger partial charge >= 0.3 is 0 Å². The Morgan fingerprint density at radius 2 is 2.11 bits per heavy atom. The number of piperidine rings is 1. The number of Topliss-reactive ketones (excluding diaryl/α,β-unsaturated/α-hetero) is 1. The van der Waals surface area contributed by atoms with Crippen molar-refractivity contribution < 1.29 is 9.59 Å². The Labute approximate surface area is 114 Å². The molecular weight excluding hydrogens is 240 g/mol. The van der Waals surface area contributed by atoms with Gasteiger partial charge in [0.05, 0.1) is 0 Å². The molecule has 1 aliphatic rings.